The molecule has 0 spiro atoms. The van der Waals surface area contributed by atoms with Gasteiger partial charge in [0.05, 0.1) is 0 Å². The summed E-state index contributed by atoms with van der Waals surface area (Å²) in [4.78, 5) is 10.4. The monoisotopic (exact) mass is 302 g/mol. The van der Waals surface area contributed by atoms with Crippen LogP contribution in [0.25, 0.3) is 0 Å². The molecule has 1 unspecified atom stereocenters. The number of halogens is 3. The molecule has 0 fully saturated rings. The lowest BCUT2D eigenvalue weighted by Gasteiger charge is -2.11. The number of ether oxygens (including phenoxy) is 1. The minimum Gasteiger partial charge on any atom is -0.443 e. The highest BCUT2D eigenvalue weighted by Crippen LogP contribution is 2.16. The van der Waals surface area contributed by atoms with Gasteiger partial charge < -0.3 is 4.74 Å². The average molecular weight is 304 g/mol. The van der Waals surface area contributed by atoms with Crippen LogP contribution in [0.4, 0.5) is 0 Å². The Hall–Kier alpha value is 0.340. The van der Waals surface area contributed by atoms with Crippen molar-refractivity contribution in [3.8, 4) is 0 Å². The Balaban J connectivity index is 3.33. The second-order valence-electron chi connectivity index (χ2n) is 4.05. The van der Waals surface area contributed by atoms with Gasteiger partial charge in [-0.1, -0.05) is 80.3 Å². The molecule has 0 aromatic rings. The van der Waals surface area contributed by atoms with Crippen LogP contribution in [0.15, 0.2) is 0 Å². The van der Waals surface area contributed by atoms with Gasteiger partial charge in [-0.25, -0.2) is 0 Å². The van der Waals surface area contributed by atoms with Gasteiger partial charge in [0.1, 0.15) is 0 Å². The summed E-state index contributed by atoms with van der Waals surface area (Å²) in [6.45, 7) is 2.19. The Morgan fingerprint density at radius 2 is 1.53 bits per heavy atom. The molecule has 0 N–H and O–H groups in total. The normalized spacial score (nSPS) is 12.8. The Kier molecular flexibility index (Phi) is 11.7. The van der Waals surface area contributed by atoms with Gasteiger partial charge >= 0.3 is 5.97 Å². The highest BCUT2D eigenvalue weighted by Gasteiger charge is 2.17. The second kappa shape index (κ2) is 11.4. The molecule has 2 nitrogen and oxygen atoms in total. The smallest absolute Gasteiger partial charge is 0.307 e. The molecule has 5 heteroatoms. The van der Waals surface area contributed by atoms with Crippen molar-refractivity contribution in [3.63, 3.8) is 0 Å². The van der Waals surface area contributed by atoms with Gasteiger partial charge in [-0.3, -0.25) is 4.79 Å². The number of carbonyl (C=O) groups is 1. The van der Waals surface area contributed by atoms with Crippen LogP contribution in [0.5, 0.6) is 0 Å². The number of carbonyl (C=O) groups excluding carboxylic acids is 1. The van der Waals surface area contributed by atoms with Crippen molar-refractivity contribution in [3.05, 3.63) is 0 Å². The first kappa shape index (κ1) is 17.3. The fourth-order valence-electron chi connectivity index (χ4n) is 1.46. The van der Waals surface area contributed by atoms with Crippen molar-refractivity contribution in [2.24, 2.45) is 0 Å². The van der Waals surface area contributed by atoms with Crippen LogP contribution >= 0.6 is 34.8 Å². The first-order valence-corrected chi connectivity index (χ1v) is 7.50. The highest BCUT2D eigenvalue weighted by atomic mass is 35.5. The SMILES string of the molecule is CCCCCCCCCC(=O)OC(Cl)C(Cl)Cl. The van der Waals surface area contributed by atoms with Gasteiger partial charge in [-0.05, 0) is 6.42 Å². The molecule has 0 aliphatic rings. The standard InChI is InChI=1S/C12H21Cl3O2/c1-2-3-4-5-6-7-8-9-10(16)17-12(15)11(13)14/h11-12H,2-9H2,1H3. The van der Waals surface area contributed by atoms with E-state index >= 15 is 0 Å². The third kappa shape index (κ3) is 11.2. The lowest BCUT2D eigenvalue weighted by molar-refractivity contribution is -0.145. The van der Waals surface area contributed by atoms with Crippen LogP contribution in [-0.2, 0) is 9.53 Å². The maximum Gasteiger partial charge on any atom is 0.307 e. The van der Waals surface area contributed by atoms with E-state index in [4.69, 9.17) is 39.5 Å². The molecule has 0 aliphatic carbocycles. The van der Waals surface area contributed by atoms with Crippen molar-refractivity contribution in [1.82, 2.24) is 0 Å². The largest absolute Gasteiger partial charge is 0.443 e. The topological polar surface area (TPSA) is 26.3 Å². The zero-order valence-corrected chi connectivity index (χ0v) is 12.5. The van der Waals surface area contributed by atoms with E-state index in [1.54, 1.807) is 0 Å². The molecule has 0 aliphatic heterocycles. The molecule has 0 aromatic heterocycles. The van der Waals surface area contributed by atoms with E-state index in [1.165, 1.54) is 32.1 Å². The van der Waals surface area contributed by atoms with Gasteiger partial charge in [0.2, 0.25) is 5.56 Å². The number of rotatable bonds is 10. The minimum atomic E-state index is -0.949. The highest BCUT2D eigenvalue weighted by molar-refractivity contribution is 6.48. The van der Waals surface area contributed by atoms with E-state index in [2.05, 4.69) is 6.92 Å². The van der Waals surface area contributed by atoms with Crippen LogP contribution in [0.2, 0.25) is 0 Å². The number of esters is 1. The first-order valence-electron chi connectivity index (χ1n) is 6.19. The molecule has 0 heterocycles. The Bertz CT molecular complexity index is 198. The summed E-state index contributed by atoms with van der Waals surface area (Å²) in [6, 6.07) is 0. The number of unbranched alkanes of at least 4 members (excludes halogenated alkanes) is 6. The van der Waals surface area contributed by atoms with Crippen molar-refractivity contribution >= 4 is 40.8 Å². The Morgan fingerprint density at radius 3 is 2.06 bits per heavy atom. The average Bonchev–Trinajstić information content (AvgIpc) is 2.27. The summed E-state index contributed by atoms with van der Waals surface area (Å²) >= 11 is 16.5. The zero-order valence-electron chi connectivity index (χ0n) is 10.3. The molecule has 0 radical (unpaired) electrons. The third-order valence-corrected chi connectivity index (χ3v) is 3.48. The second-order valence-corrected chi connectivity index (χ2v) is 5.64. The van der Waals surface area contributed by atoms with Crippen molar-refractivity contribution in [2.75, 3.05) is 0 Å². The molecule has 0 bridgehead atoms. The lowest BCUT2D eigenvalue weighted by Crippen LogP contribution is -2.18. The van der Waals surface area contributed by atoms with Gasteiger partial charge in [-0.15, -0.1) is 0 Å². The van der Waals surface area contributed by atoms with Crippen LogP contribution < -0.4 is 0 Å². The predicted octanol–water partition coefficient (Wildman–Crippen LogP) is 5.04. The van der Waals surface area contributed by atoms with Gasteiger partial charge in [0.15, 0.2) is 4.84 Å². The van der Waals surface area contributed by atoms with E-state index in [0.717, 1.165) is 12.8 Å². The maximum atomic E-state index is 11.3. The summed E-state index contributed by atoms with van der Waals surface area (Å²) in [7, 11) is 0. The maximum absolute atomic E-state index is 11.3. The van der Waals surface area contributed by atoms with Gasteiger partial charge in [-0.2, -0.15) is 0 Å². The lowest BCUT2D eigenvalue weighted by atomic mass is 10.1. The van der Waals surface area contributed by atoms with Crippen LogP contribution in [0.1, 0.15) is 58.3 Å². The summed E-state index contributed by atoms with van der Waals surface area (Å²) in [6.07, 6.45) is 8.52. The van der Waals surface area contributed by atoms with Gasteiger partial charge in [0, 0.05) is 6.42 Å². The van der Waals surface area contributed by atoms with Crippen molar-refractivity contribution < 1.29 is 9.53 Å². The Labute approximate surface area is 119 Å². The van der Waals surface area contributed by atoms with Crippen LogP contribution in [0.3, 0.4) is 0 Å². The van der Waals surface area contributed by atoms with Crippen LogP contribution in [0, 0.1) is 0 Å². The molecular weight excluding hydrogens is 282 g/mol. The minimum absolute atomic E-state index is 0.329. The number of hydrogen-bond acceptors (Lipinski definition) is 2. The predicted molar refractivity (Wildman–Crippen MR) is 73.8 cm³/mol. The summed E-state index contributed by atoms with van der Waals surface area (Å²) in [5.74, 6) is -0.329. The summed E-state index contributed by atoms with van der Waals surface area (Å²) in [5.41, 5.74) is -0.949. The van der Waals surface area contributed by atoms with E-state index in [1.807, 2.05) is 0 Å². The molecule has 0 saturated heterocycles. The summed E-state index contributed by atoms with van der Waals surface area (Å²) in [5, 5.41) is 0. The Morgan fingerprint density at radius 1 is 1.00 bits per heavy atom. The van der Waals surface area contributed by atoms with E-state index < -0.39 is 10.4 Å². The molecule has 0 amide bonds. The molecule has 0 saturated carbocycles. The molecule has 17 heavy (non-hydrogen) atoms. The van der Waals surface area contributed by atoms with E-state index in [0.29, 0.717) is 6.42 Å². The molecule has 0 rings (SSSR count). The fourth-order valence-corrected chi connectivity index (χ4v) is 1.66. The molecular formula is C12H21Cl3O2. The third-order valence-electron chi connectivity index (χ3n) is 2.43. The van der Waals surface area contributed by atoms with E-state index in [-0.39, 0.29) is 5.97 Å². The van der Waals surface area contributed by atoms with Gasteiger partial charge in [0.25, 0.3) is 0 Å². The number of alkyl halides is 3. The van der Waals surface area contributed by atoms with E-state index in [9.17, 15) is 4.79 Å². The van der Waals surface area contributed by atoms with Crippen molar-refractivity contribution in [1.29, 1.82) is 0 Å². The van der Waals surface area contributed by atoms with Crippen molar-refractivity contribution in [2.45, 2.75) is 68.7 Å². The first-order chi connectivity index (χ1) is 8.07. The molecule has 102 valence electrons. The zero-order chi connectivity index (χ0) is 13.1. The molecule has 1 atom stereocenters. The summed E-state index contributed by atoms with van der Waals surface area (Å²) < 4.78 is 4.82. The fraction of sp³-hybridized carbons (Fsp3) is 0.917. The molecule has 0 aromatic carbocycles. The quantitative estimate of drug-likeness (QED) is 0.321. The number of hydrogen-bond donors (Lipinski definition) is 0. The van der Waals surface area contributed by atoms with Crippen LogP contribution in [-0.4, -0.2) is 16.4 Å².